The molecule has 1 heterocycles. The molecule has 0 bridgehead atoms. The maximum atomic E-state index is 3.88. The summed E-state index contributed by atoms with van der Waals surface area (Å²) in [6.07, 6.45) is 3.70. The van der Waals surface area contributed by atoms with Gasteiger partial charge in [-0.05, 0) is 12.1 Å². The predicted octanol–water partition coefficient (Wildman–Crippen LogP) is 1.04. The molecule has 1 aromatic heterocycles. The van der Waals surface area contributed by atoms with Gasteiger partial charge in [0.15, 0.2) is 0 Å². The van der Waals surface area contributed by atoms with E-state index in [1.807, 2.05) is 29.9 Å². The number of hydrogen-bond donors (Lipinski definition) is 1. The van der Waals surface area contributed by atoms with E-state index in [-0.39, 0.29) is 0 Å². The van der Waals surface area contributed by atoms with E-state index >= 15 is 0 Å². The molecule has 1 aromatic rings. The van der Waals surface area contributed by atoms with E-state index in [9.17, 15) is 0 Å². The minimum absolute atomic E-state index is 1.05. The maximum Gasteiger partial charge on any atom is 0.110 e. The Labute approximate surface area is 60.4 Å². The Kier molecular flexibility index (Phi) is 2.10. The molecule has 0 aliphatic rings. The number of aliphatic imine (C=N–C) groups is 1. The first kappa shape index (κ1) is 6.86. The molecule has 3 nitrogen and oxygen atoms in total. The predicted molar refractivity (Wildman–Crippen MR) is 43.8 cm³/mol. The molecule has 0 amide bonds. The summed E-state index contributed by atoms with van der Waals surface area (Å²) in [4.78, 5) is 3.88. The molecule has 0 saturated carbocycles. The number of aromatic nitrogens is 1. The fourth-order valence-electron chi connectivity index (χ4n) is 0.831. The topological polar surface area (TPSA) is 29.3 Å². The van der Waals surface area contributed by atoms with Crippen LogP contribution >= 0.6 is 0 Å². The molecule has 0 saturated heterocycles. The molecule has 1 rings (SSSR count). The highest BCUT2D eigenvalue weighted by molar-refractivity contribution is 5.65. The van der Waals surface area contributed by atoms with Crippen molar-refractivity contribution in [3.63, 3.8) is 0 Å². The fourth-order valence-corrected chi connectivity index (χ4v) is 0.831. The minimum atomic E-state index is 1.05. The molecule has 0 aliphatic heterocycles. The Bertz CT molecular complexity index is 225. The van der Waals surface area contributed by atoms with E-state index in [2.05, 4.69) is 10.3 Å². The Morgan fingerprint density at radius 1 is 1.70 bits per heavy atom. The van der Waals surface area contributed by atoms with Crippen LogP contribution in [-0.4, -0.2) is 25.0 Å². The number of rotatable bonds is 2. The normalized spacial score (nSPS) is 10.6. The van der Waals surface area contributed by atoms with Crippen molar-refractivity contribution in [1.29, 1.82) is 0 Å². The van der Waals surface area contributed by atoms with Crippen LogP contribution in [-0.2, 0) is 0 Å². The molecule has 0 spiro atoms. The Morgan fingerprint density at radius 3 is 3.10 bits per heavy atom. The van der Waals surface area contributed by atoms with Gasteiger partial charge in [-0.1, -0.05) is 0 Å². The van der Waals surface area contributed by atoms with Gasteiger partial charge < -0.3 is 5.32 Å². The summed E-state index contributed by atoms with van der Waals surface area (Å²) in [6.45, 7) is 0. The van der Waals surface area contributed by atoms with Crippen LogP contribution < -0.4 is 5.32 Å². The van der Waals surface area contributed by atoms with E-state index in [0.717, 1.165) is 5.82 Å². The molecular formula is C7H11N3. The third kappa shape index (κ3) is 1.18. The zero-order valence-corrected chi connectivity index (χ0v) is 6.20. The van der Waals surface area contributed by atoms with Crippen LogP contribution in [0.4, 0.5) is 5.82 Å². The largest absolute Gasteiger partial charge is 0.374 e. The van der Waals surface area contributed by atoms with Crippen LogP contribution in [0.2, 0.25) is 0 Å². The molecule has 0 radical (unpaired) electrons. The molecule has 0 fully saturated rings. The second kappa shape index (κ2) is 3.06. The molecular weight excluding hydrogens is 126 g/mol. The Hall–Kier alpha value is -1.25. The van der Waals surface area contributed by atoms with E-state index in [1.54, 1.807) is 13.4 Å². The van der Waals surface area contributed by atoms with Crippen molar-refractivity contribution in [2.75, 3.05) is 19.4 Å². The molecule has 54 valence electrons. The van der Waals surface area contributed by atoms with E-state index in [4.69, 9.17) is 0 Å². The summed E-state index contributed by atoms with van der Waals surface area (Å²) < 4.78 is 1.92. The van der Waals surface area contributed by atoms with Gasteiger partial charge in [-0.3, -0.25) is 9.56 Å². The SMILES string of the molecule is CN=Cn1cccc1NC. The van der Waals surface area contributed by atoms with Crippen LogP contribution in [0.1, 0.15) is 0 Å². The lowest BCUT2D eigenvalue weighted by Gasteiger charge is -1.99. The second-order valence-electron chi connectivity index (χ2n) is 1.92. The van der Waals surface area contributed by atoms with Crippen molar-refractivity contribution in [2.24, 2.45) is 4.99 Å². The van der Waals surface area contributed by atoms with Crippen molar-refractivity contribution in [3.8, 4) is 0 Å². The number of hydrogen-bond acceptors (Lipinski definition) is 2. The van der Waals surface area contributed by atoms with Gasteiger partial charge in [0.25, 0.3) is 0 Å². The molecule has 0 aliphatic carbocycles. The number of nitrogens with one attached hydrogen (secondary N) is 1. The van der Waals surface area contributed by atoms with Crippen molar-refractivity contribution in [3.05, 3.63) is 18.3 Å². The zero-order valence-electron chi connectivity index (χ0n) is 6.20. The molecule has 0 atom stereocenters. The van der Waals surface area contributed by atoms with Gasteiger partial charge in [0.05, 0.1) is 6.34 Å². The maximum absolute atomic E-state index is 3.88. The first-order chi connectivity index (χ1) is 4.88. The molecule has 10 heavy (non-hydrogen) atoms. The van der Waals surface area contributed by atoms with E-state index < -0.39 is 0 Å². The summed E-state index contributed by atoms with van der Waals surface area (Å²) >= 11 is 0. The summed E-state index contributed by atoms with van der Waals surface area (Å²) in [5.74, 6) is 1.05. The summed E-state index contributed by atoms with van der Waals surface area (Å²) in [5.41, 5.74) is 0. The van der Waals surface area contributed by atoms with Crippen molar-refractivity contribution >= 4 is 12.2 Å². The summed E-state index contributed by atoms with van der Waals surface area (Å²) in [7, 11) is 3.63. The first-order valence-corrected chi connectivity index (χ1v) is 3.15. The zero-order chi connectivity index (χ0) is 7.40. The third-order valence-corrected chi connectivity index (χ3v) is 1.27. The fraction of sp³-hybridized carbons (Fsp3) is 0.286. The van der Waals surface area contributed by atoms with Gasteiger partial charge in [-0.15, -0.1) is 0 Å². The van der Waals surface area contributed by atoms with E-state index in [0.29, 0.717) is 0 Å². The van der Waals surface area contributed by atoms with Gasteiger partial charge in [-0.2, -0.15) is 0 Å². The molecule has 0 aromatic carbocycles. The van der Waals surface area contributed by atoms with Crippen molar-refractivity contribution in [1.82, 2.24) is 4.57 Å². The van der Waals surface area contributed by atoms with Crippen LogP contribution in [0.25, 0.3) is 0 Å². The van der Waals surface area contributed by atoms with Gasteiger partial charge in [0.2, 0.25) is 0 Å². The van der Waals surface area contributed by atoms with Gasteiger partial charge >= 0.3 is 0 Å². The average Bonchev–Trinajstić information content (AvgIpc) is 2.36. The molecule has 3 heteroatoms. The smallest absolute Gasteiger partial charge is 0.110 e. The standard InChI is InChI=1S/C7H11N3/c1-8-6-10-5-3-4-7(10)9-2/h3-6,9H,1-2H3. The highest BCUT2D eigenvalue weighted by Crippen LogP contribution is 2.03. The van der Waals surface area contributed by atoms with Gasteiger partial charge in [0, 0.05) is 20.3 Å². The quantitative estimate of drug-likeness (QED) is 0.479. The van der Waals surface area contributed by atoms with Crippen LogP contribution in [0.5, 0.6) is 0 Å². The van der Waals surface area contributed by atoms with Gasteiger partial charge in [0.1, 0.15) is 5.82 Å². The van der Waals surface area contributed by atoms with Crippen LogP contribution in [0.15, 0.2) is 23.3 Å². The lowest BCUT2D eigenvalue weighted by atomic mass is 10.6. The average molecular weight is 137 g/mol. The molecule has 0 unspecified atom stereocenters. The Morgan fingerprint density at radius 2 is 2.50 bits per heavy atom. The monoisotopic (exact) mass is 137 g/mol. The first-order valence-electron chi connectivity index (χ1n) is 3.15. The highest BCUT2D eigenvalue weighted by Gasteiger charge is 1.91. The van der Waals surface area contributed by atoms with Crippen molar-refractivity contribution in [2.45, 2.75) is 0 Å². The minimum Gasteiger partial charge on any atom is -0.374 e. The lowest BCUT2D eigenvalue weighted by molar-refractivity contribution is 1.17. The van der Waals surface area contributed by atoms with E-state index in [1.165, 1.54) is 0 Å². The van der Waals surface area contributed by atoms with Crippen LogP contribution in [0, 0.1) is 0 Å². The van der Waals surface area contributed by atoms with Crippen LogP contribution in [0.3, 0.4) is 0 Å². The summed E-state index contributed by atoms with van der Waals surface area (Å²) in [6, 6.07) is 3.95. The van der Waals surface area contributed by atoms with Crippen molar-refractivity contribution < 1.29 is 0 Å². The molecule has 1 N–H and O–H groups in total. The number of anilines is 1. The highest BCUT2D eigenvalue weighted by atomic mass is 15.1. The lowest BCUT2D eigenvalue weighted by Crippen LogP contribution is -1.99. The second-order valence-corrected chi connectivity index (χ2v) is 1.92. The summed E-state index contributed by atoms with van der Waals surface area (Å²) in [5, 5.41) is 3.03. The number of nitrogens with zero attached hydrogens (tertiary/aromatic N) is 2. The Balaban J connectivity index is 2.90. The third-order valence-electron chi connectivity index (χ3n) is 1.27. The van der Waals surface area contributed by atoms with Gasteiger partial charge in [-0.25, -0.2) is 0 Å².